The zero-order chi connectivity index (χ0) is 14.0. The fourth-order valence-corrected chi connectivity index (χ4v) is 2.69. The highest BCUT2D eigenvalue weighted by Gasteiger charge is 2.17. The SMILES string of the molecule is Cc1ccc(C(O)Cc2c(F)cccc2F)c(Br)c1. The normalized spacial score (nSPS) is 12.5. The molecule has 2 rings (SSSR count). The van der Waals surface area contributed by atoms with Crippen LogP contribution < -0.4 is 0 Å². The van der Waals surface area contributed by atoms with Crippen LogP contribution in [0.25, 0.3) is 0 Å². The van der Waals surface area contributed by atoms with E-state index in [9.17, 15) is 13.9 Å². The first-order chi connectivity index (χ1) is 8.99. The van der Waals surface area contributed by atoms with Gasteiger partial charge < -0.3 is 5.11 Å². The summed E-state index contributed by atoms with van der Waals surface area (Å²) in [6, 6.07) is 9.15. The van der Waals surface area contributed by atoms with Gasteiger partial charge in [0.05, 0.1) is 6.10 Å². The molecule has 1 unspecified atom stereocenters. The van der Waals surface area contributed by atoms with E-state index in [0.29, 0.717) is 5.56 Å². The molecule has 2 aromatic rings. The van der Waals surface area contributed by atoms with E-state index in [-0.39, 0.29) is 12.0 Å². The van der Waals surface area contributed by atoms with Gasteiger partial charge in [0.25, 0.3) is 0 Å². The molecule has 100 valence electrons. The van der Waals surface area contributed by atoms with Crippen LogP contribution in [0.3, 0.4) is 0 Å². The van der Waals surface area contributed by atoms with Crippen molar-refractivity contribution in [2.24, 2.45) is 0 Å². The minimum atomic E-state index is -0.957. The third-order valence-electron chi connectivity index (χ3n) is 2.97. The number of aryl methyl sites for hydroxylation is 1. The molecule has 0 bridgehead atoms. The highest BCUT2D eigenvalue weighted by molar-refractivity contribution is 9.10. The molecule has 0 saturated heterocycles. The molecule has 0 amide bonds. The summed E-state index contributed by atoms with van der Waals surface area (Å²) in [6.07, 6.45) is -1.05. The molecule has 0 spiro atoms. The van der Waals surface area contributed by atoms with Gasteiger partial charge >= 0.3 is 0 Å². The smallest absolute Gasteiger partial charge is 0.129 e. The second-order valence-electron chi connectivity index (χ2n) is 4.45. The van der Waals surface area contributed by atoms with E-state index < -0.39 is 17.7 Å². The molecule has 0 aliphatic carbocycles. The second kappa shape index (κ2) is 5.80. The Morgan fingerprint density at radius 1 is 1.16 bits per heavy atom. The van der Waals surface area contributed by atoms with Crippen LogP contribution in [0.15, 0.2) is 40.9 Å². The Kier molecular flexibility index (Phi) is 4.32. The first-order valence-electron chi connectivity index (χ1n) is 5.86. The van der Waals surface area contributed by atoms with Gasteiger partial charge in [0, 0.05) is 16.5 Å². The highest BCUT2D eigenvalue weighted by Crippen LogP contribution is 2.28. The molecule has 0 aliphatic heterocycles. The van der Waals surface area contributed by atoms with Gasteiger partial charge in [-0.05, 0) is 36.2 Å². The summed E-state index contributed by atoms with van der Waals surface area (Å²) in [4.78, 5) is 0. The molecule has 0 aliphatic rings. The Morgan fingerprint density at radius 3 is 2.37 bits per heavy atom. The van der Waals surface area contributed by atoms with Crippen molar-refractivity contribution in [1.82, 2.24) is 0 Å². The fraction of sp³-hybridized carbons (Fsp3) is 0.200. The minimum Gasteiger partial charge on any atom is -0.388 e. The maximum absolute atomic E-state index is 13.5. The molecule has 1 N–H and O–H groups in total. The molecule has 0 aromatic heterocycles. The Balaban J connectivity index is 2.28. The summed E-state index contributed by atoms with van der Waals surface area (Å²) in [7, 11) is 0. The van der Waals surface area contributed by atoms with E-state index in [1.165, 1.54) is 18.2 Å². The molecule has 0 heterocycles. The summed E-state index contributed by atoms with van der Waals surface area (Å²) >= 11 is 3.35. The van der Waals surface area contributed by atoms with Crippen molar-refractivity contribution in [2.45, 2.75) is 19.4 Å². The lowest BCUT2D eigenvalue weighted by molar-refractivity contribution is 0.175. The molecule has 19 heavy (non-hydrogen) atoms. The maximum atomic E-state index is 13.5. The lowest BCUT2D eigenvalue weighted by Crippen LogP contribution is -2.06. The van der Waals surface area contributed by atoms with E-state index in [1.54, 1.807) is 6.07 Å². The average Bonchev–Trinajstić information content (AvgIpc) is 2.33. The largest absolute Gasteiger partial charge is 0.388 e. The van der Waals surface area contributed by atoms with E-state index in [4.69, 9.17) is 0 Å². The predicted molar refractivity (Wildman–Crippen MR) is 73.9 cm³/mol. The third kappa shape index (κ3) is 3.19. The predicted octanol–water partition coefficient (Wildman–Crippen LogP) is 4.31. The second-order valence-corrected chi connectivity index (χ2v) is 5.30. The van der Waals surface area contributed by atoms with Crippen LogP contribution in [-0.2, 0) is 6.42 Å². The van der Waals surface area contributed by atoms with Crippen molar-refractivity contribution in [3.8, 4) is 0 Å². The monoisotopic (exact) mass is 326 g/mol. The summed E-state index contributed by atoms with van der Waals surface area (Å²) in [5.41, 5.74) is 1.57. The number of rotatable bonds is 3. The molecular weight excluding hydrogens is 314 g/mol. The average molecular weight is 327 g/mol. The van der Waals surface area contributed by atoms with Gasteiger partial charge in [0.2, 0.25) is 0 Å². The first-order valence-corrected chi connectivity index (χ1v) is 6.65. The maximum Gasteiger partial charge on any atom is 0.129 e. The number of halogens is 3. The molecule has 0 fully saturated rings. The van der Waals surface area contributed by atoms with E-state index in [0.717, 1.165) is 10.0 Å². The molecule has 1 atom stereocenters. The van der Waals surface area contributed by atoms with Gasteiger partial charge in [-0.1, -0.05) is 34.1 Å². The standard InChI is InChI=1S/C15H13BrF2O/c1-9-5-6-10(12(16)7-9)15(19)8-11-13(17)3-2-4-14(11)18/h2-7,15,19H,8H2,1H3. The number of benzene rings is 2. The van der Waals surface area contributed by atoms with Gasteiger partial charge in [0.15, 0.2) is 0 Å². The van der Waals surface area contributed by atoms with Crippen LogP contribution in [0.1, 0.15) is 22.8 Å². The quantitative estimate of drug-likeness (QED) is 0.891. The number of aliphatic hydroxyl groups is 1. The van der Waals surface area contributed by atoms with E-state index in [2.05, 4.69) is 15.9 Å². The van der Waals surface area contributed by atoms with Crippen molar-refractivity contribution in [3.63, 3.8) is 0 Å². The van der Waals surface area contributed by atoms with Crippen LogP contribution >= 0.6 is 15.9 Å². The Bertz CT molecular complexity index is 578. The molecule has 4 heteroatoms. The van der Waals surface area contributed by atoms with Crippen molar-refractivity contribution in [3.05, 3.63) is 69.2 Å². The van der Waals surface area contributed by atoms with Crippen molar-refractivity contribution in [2.75, 3.05) is 0 Å². The summed E-state index contributed by atoms with van der Waals surface area (Å²) in [5.74, 6) is -1.27. The molecule has 1 nitrogen and oxygen atoms in total. The van der Waals surface area contributed by atoms with Gasteiger partial charge in [0.1, 0.15) is 11.6 Å². The van der Waals surface area contributed by atoms with E-state index in [1.807, 2.05) is 19.1 Å². The van der Waals surface area contributed by atoms with Crippen molar-refractivity contribution in [1.29, 1.82) is 0 Å². The zero-order valence-electron chi connectivity index (χ0n) is 10.3. The van der Waals surface area contributed by atoms with Crippen LogP contribution in [0.4, 0.5) is 8.78 Å². The molecule has 0 radical (unpaired) electrons. The topological polar surface area (TPSA) is 20.2 Å². The Labute approximate surface area is 119 Å². The Morgan fingerprint density at radius 2 is 1.79 bits per heavy atom. The number of hydrogen-bond donors (Lipinski definition) is 1. The summed E-state index contributed by atoms with van der Waals surface area (Å²) < 4.78 is 27.8. The van der Waals surface area contributed by atoms with Crippen molar-refractivity contribution < 1.29 is 13.9 Å². The fourth-order valence-electron chi connectivity index (χ4n) is 1.93. The van der Waals surface area contributed by atoms with Crippen LogP contribution in [0.5, 0.6) is 0 Å². The van der Waals surface area contributed by atoms with E-state index >= 15 is 0 Å². The first kappa shape index (κ1) is 14.2. The lowest BCUT2D eigenvalue weighted by Gasteiger charge is -2.14. The number of hydrogen-bond acceptors (Lipinski definition) is 1. The van der Waals surface area contributed by atoms with Crippen LogP contribution in [0.2, 0.25) is 0 Å². The minimum absolute atomic E-state index is 0.0949. The zero-order valence-corrected chi connectivity index (χ0v) is 11.9. The summed E-state index contributed by atoms with van der Waals surface area (Å²) in [6.45, 7) is 1.93. The van der Waals surface area contributed by atoms with Gasteiger partial charge in [-0.3, -0.25) is 0 Å². The summed E-state index contributed by atoms with van der Waals surface area (Å²) in [5, 5.41) is 10.1. The van der Waals surface area contributed by atoms with Crippen molar-refractivity contribution >= 4 is 15.9 Å². The van der Waals surface area contributed by atoms with Gasteiger partial charge in [-0.25, -0.2) is 8.78 Å². The number of aliphatic hydroxyl groups excluding tert-OH is 1. The lowest BCUT2D eigenvalue weighted by atomic mass is 10.00. The van der Waals surface area contributed by atoms with Crippen LogP contribution in [0, 0.1) is 18.6 Å². The molecule has 2 aromatic carbocycles. The third-order valence-corrected chi connectivity index (χ3v) is 3.66. The molecule has 0 saturated carbocycles. The highest BCUT2D eigenvalue weighted by atomic mass is 79.9. The van der Waals surface area contributed by atoms with Gasteiger partial charge in [-0.2, -0.15) is 0 Å². The Hall–Kier alpha value is -1.26. The van der Waals surface area contributed by atoms with Gasteiger partial charge in [-0.15, -0.1) is 0 Å². The molecular formula is C15H13BrF2O. The van der Waals surface area contributed by atoms with Crippen LogP contribution in [-0.4, -0.2) is 5.11 Å².